The first-order valence-corrected chi connectivity index (χ1v) is 7.50. The van der Waals surface area contributed by atoms with Crippen molar-refractivity contribution in [3.63, 3.8) is 0 Å². The predicted molar refractivity (Wildman–Crippen MR) is 84.4 cm³/mol. The molecule has 5 nitrogen and oxygen atoms in total. The quantitative estimate of drug-likeness (QED) is 0.803. The van der Waals surface area contributed by atoms with Gasteiger partial charge in [0.05, 0.1) is 18.7 Å². The average Bonchev–Trinajstić information content (AvgIpc) is 2.83. The molecule has 1 heterocycles. The number of nitrogens with zero attached hydrogens (tertiary/aromatic N) is 1. The number of ether oxygens (including phenoxy) is 2. The molecule has 0 aliphatic rings. The van der Waals surface area contributed by atoms with Crippen LogP contribution in [0.1, 0.15) is 49.7 Å². The van der Waals surface area contributed by atoms with Gasteiger partial charge in [-0.2, -0.15) is 0 Å². The van der Waals surface area contributed by atoms with Crippen molar-refractivity contribution in [1.82, 2.24) is 4.57 Å². The van der Waals surface area contributed by atoms with E-state index in [9.17, 15) is 9.59 Å². The zero-order chi connectivity index (χ0) is 16.3. The van der Waals surface area contributed by atoms with Gasteiger partial charge in [-0.25, -0.2) is 14.2 Å². The summed E-state index contributed by atoms with van der Waals surface area (Å²) in [5, 5.41) is 0.869. The number of aromatic nitrogens is 1. The number of esters is 1. The molecule has 0 unspecified atom stereocenters. The lowest BCUT2D eigenvalue weighted by Crippen LogP contribution is -2.21. The SMILES string of the molecule is CCOC(=O)c1c(C(C)C)c2ccccc2n1C(=O)OCC. The lowest BCUT2D eigenvalue weighted by atomic mass is 9.99. The highest BCUT2D eigenvalue weighted by Crippen LogP contribution is 2.32. The van der Waals surface area contributed by atoms with Crippen molar-refractivity contribution in [3.8, 4) is 0 Å². The lowest BCUT2D eigenvalue weighted by molar-refractivity contribution is 0.0510. The molecule has 0 atom stereocenters. The van der Waals surface area contributed by atoms with Gasteiger partial charge in [0.2, 0.25) is 0 Å². The average molecular weight is 303 g/mol. The van der Waals surface area contributed by atoms with E-state index in [2.05, 4.69) is 0 Å². The first-order chi connectivity index (χ1) is 10.5. The van der Waals surface area contributed by atoms with E-state index < -0.39 is 12.1 Å². The molecular formula is C17H21NO4. The Morgan fingerprint density at radius 2 is 1.73 bits per heavy atom. The summed E-state index contributed by atoms with van der Waals surface area (Å²) in [6.45, 7) is 7.94. The molecule has 2 aromatic rings. The van der Waals surface area contributed by atoms with Crippen LogP contribution in [-0.4, -0.2) is 29.8 Å². The first kappa shape index (κ1) is 16.1. The van der Waals surface area contributed by atoms with E-state index in [0.717, 1.165) is 10.9 Å². The summed E-state index contributed by atoms with van der Waals surface area (Å²) in [7, 11) is 0. The third-order valence-corrected chi connectivity index (χ3v) is 3.41. The second-order valence-corrected chi connectivity index (χ2v) is 5.19. The van der Waals surface area contributed by atoms with Crippen LogP contribution in [0.4, 0.5) is 4.79 Å². The minimum Gasteiger partial charge on any atom is -0.461 e. The van der Waals surface area contributed by atoms with Crippen molar-refractivity contribution in [1.29, 1.82) is 0 Å². The van der Waals surface area contributed by atoms with Gasteiger partial charge in [0, 0.05) is 5.39 Å². The van der Waals surface area contributed by atoms with Gasteiger partial charge in [0.25, 0.3) is 0 Å². The van der Waals surface area contributed by atoms with Gasteiger partial charge in [-0.1, -0.05) is 32.0 Å². The summed E-state index contributed by atoms with van der Waals surface area (Å²) in [5.74, 6) is -0.435. The summed E-state index contributed by atoms with van der Waals surface area (Å²) in [5.41, 5.74) is 1.73. The number of para-hydroxylation sites is 1. The van der Waals surface area contributed by atoms with Crippen LogP contribution in [0, 0.1) is 0 Å². The third-order valence-electron chi connectivity index (χ3n) is 3.41. The number of carbonyl (C=O) groups is 2. The molecule has 22 heavy (non-hydrogen) atoms. The molecule has 0 saturated heterocycles. The normalized spacial score (nSPS) is 11.0. The van der Waals surface area contributed by atoms with E-state index in [1.165, 1.54) is 4.57 Å². The monoisotopic (exact) mass is 303 g/mol. The zero-order valence-electron chi connectivity index (χ0n) is 13.4. The predicted octanol–water partition coefficient (Wildman–Crippen LogP) is 3.95. The molecule has 5 heteroatoms. The summed E-state index contributed by atoms with van der Waals surface area (Å²) in [4.78, 5) is 24.8. The van der Waals surface area contributed by atoms with Gasteiger partial charge in [-0.15, -0.1) is 0 Å². The van der Waals surface area contributed by atoms with E-state index in [1.807, 2.05) is 32.0 Å². The van der Waals surface area contributed by atoms with E-state index in [0.29, 0.717) is 5.52 Å². The van der Waals surface area contributed by atoms with Crippen molar-refractivity contribution in [3.05, 3.63) is 35.5 Å². The van der Waals surface area contributed by atoms with Crippen molar-refractivity contribution in [2.45, 2.75) is 33.6 Å². The Hall–Kier alpha value is -2.30. The highest BCUT2D eigenvalue weighted by Gasteiger charge is 2.28. The minimum absolute atomic E-state index is 0.0694. The maximum atomic E-state index is 12.4. The van der Waals surface area contributed by atoms with Crippen molar-refractivity contribution in [2.24, 2.45) is 0 Å². The first-order valence-electron chi connectivity index (χ1n) is 7.50. The molecule has 0 aliphatic carbocycles. The van der Waals surface area contributed by atoms with Crippen LogP contribution in [0.25, 0.3) is 10.9 Å². The van der Waals surface area contributed by atoms with Gasteiger partial charge in [0.15, 0.2) is 0 Å². The smallest absolute Gasteiger partial charge is 0.419 e. The van der Waals surface area contributed by atoms with Crippen LogP contribution in [-0.2, 0) is 9.47 Å². The molecule has 0 spiro atoms. The van der Waals surface area contributed by atoms with E-state index in [-0.39, 0.29) is 24.8 Å². The largest absolute Gasteiger partial charge is 0.461 e. The molecule has 0 bridgehead atoms. The van der Waals surface area contributed by atoms with Gasteiger partial charge >= 0.3 is 12.1 Å². The fourth-order valence-corrected chi connectivity index (χ4v) is 2.63. The maximum Gasteiger partial charge on any atom is 0.419 e. The molecule has 0 N–H and O–H groups in total. The van der Waals surface area contributed by atoms with E-state index >= 15 is 0 Å². The Labute approximate surface area is 129 Å². The molecule has 0 amide bonds. The van der Waals surface area contributed by atoms with Crippen molar-refractivity contribution < 1.29 is 19.1 Å². The van der Waals surface area contributed by atoms with E-state index in [4.69, 9.17) is 9.47 Å². The molecule has 1 aromatic heterocycles. The van der Waals surface area contributed by atoms with Crippen LogP contribution in [0.3, 0.4) is 0 Å². The summed E-state index contributed by atoms with van der Waals surface area (Å²) in [6.07, 6.45) is -0.561. The number of hydrogen-bond donors (Lipinski definition) is 0. The van der Waals surface area contributed by atoms with Gasteiger partial charge in [-0.05, 0) is 31.4 Å². The standard InChI is InChI=1S/C17H21NO4/c1-5-21-16(19)15-14(11(3)4)12-9-7-8-10-13(12)18(15)17(20)22-6-2/h7-11H,5-6H2,1-4H3. The second kappa shape index (κ2) is 6.64. The van der Waals surface area contributed by atoms with Crippen molar-refractivity contribution in [2.75, 3.05) is 13.2 Å². The number of carbonyl (C=O) groups excluding carboxylic acids is 2. The highest BCUT2D eigenvalue weighted by molar-refractivity contribution is 6.04. The van der Waals surface area contributed by atoms with Crippen LogP contribution in [0.15, 0.2) is 24.3 Å². The maximum absolute atomic E-state index is 12.4. The van der Waals surface area contributed by atoms with Crippen LogP contribution in [0.5, 0.6) is 0 Å². The molecule has 118 valence electrons. The third kappa shape index (κ3) is 2.71. The Morgan fingerprint density at radius 3 is 2.32 bits per heavy atom. The number of fused-ring (bicyclic) bond motifs is 1. The van der Waals surface area contributed by atoms with Gasteiger partial charge < -0.3 is 9.47 Å². The van der Waals surface area contributed by atoms with Crippen LogP contribution >= 0.6 is 0 Å². The Morgan fingerprint density at radius 1 is 1.09 bits per heavy atom. The Balaban J connectivity index is 2.81. The lowest BCUT2D eigenvalue weighted by Gasteiger charge is -2.11. The van der Waals surface area contributed by atoms with Crippen molar-refractivity contribution >= 4 is 23.0 Å². The summed E-state index contributed by atoms with van der Waals surface area (Å²) in [6, 6.07) is 7.43. The van der Waals surface area contributed by atoms with Gasteiger partial charge in [0.1, 0.15) is 5.69 Å². The number of benzene rings is 1. The molecule has 1 aromatic carbocycles. The second-order valence-electron chi connectivity index (χ2n) is 5.19. The Kier molecular flexibility index (Phi) is 4.85. The number of rotatable bonds is 4. The highest BCUT2D eigenvalue weighted by atomic mass is 16.6. The van der Waals surface area contributed by atoms with Crippen LogP contribution < -0.4 is 0 Å². The molecule has 0 saturated carbocycles. The summed E-state index contributed by atoms with van der Waals surface area (Å²) < 4.78 is 11.6. The summed E-state index contributed by atoms with van der Waals surface area (Å²) >= 11 is 0. The molecule has 0 aliphatic heterocycles. The topological polar surface area (TPSA) is 57.5 Å². The molecule has 0 radical (unpaired) electrons. The van der Waals surface area contributed by atoms with Crippen LogP contribution in [0.2, 0.25) is 0 Å². The Bertz CT molecular complexity index is 700. The fraction of sp³-hybridized carbons (Fsp3) is 0.412. The molecule has 2 rings (SSSR count). The molecular weight excluding hydrogens is 282 g/mol. The van der Waals surface area contributed by atoms with Gasteiger partial charge in [-0.3, -0.25) is 0 Å². The zero-order valence-corrected chi connectivity index (χ0v) is 13.4. The molecule has 0 fully saturated rings. The van der Waals surface area contributed by atoms with E-state index in [1.54, 1.807) is 19.9 Å². The fourth-order valence-electron chi connectivity index (χ4n) is 2.63. The number of hydrogen-bond acceptors (Lipinski definition) is 4. The minimum atomic E-state index is -0.561.